The van der Waals surface area contributed by atoms with Crippen LogP contribution in [0.2, 0.25) is 0 Å². The van der Waals surface area contributed by atoms with Crippen LogP contribution in [-0.4, -0.2) is 64.0 Å². The maximum Gasteiger partial charge on any atom is 0.225 e. The van der Waals surface area contributed by atoms with Crippen LogP contribution >= 0.6 is 0 Å². The molecule has 1 aromatic heterocycles. The molecule has 0 aromatic carbocycles. The van der Waals surface area contributed by atoms with Crippen molar-refractivity contribution in [1.82, 2.24) is 14.8 Å². The third-order valence-electron chi connectivity index (χ3n) is 5.73. The summed E-state index contributed by atoms with van der Waals surface area (Å²) in [6.45, 7) is 2.85. The number of piperidine rings is 2. The molecular formula is C19H28N4O3. The third kappa shape index (κ3) is 4.40. The molecule has 3 N–H and O–H groups in total. The Labute approximate surface area is 154 Å². The second-order valence-corrected chi connectivity index (χ2v) is 7.58. The molecule has 0 unspecified atom stereocenters. The number of pyridine rings is 1. The van der Waals surface area contributed by atoms with Gasteiger partial charge in [-0.1, -0.05) is 0 Å². The number of carbonyl (C=O) groups excluding carboxylic acids is 2. The van der Waals surface area contributed by atoms with Gasteiger partial charge in [0.15, 0.2) is 0 Å². The molecule has 2 fully saturated rings. The van der Waals surface area contributed by atoms with Crippen LogP contribution in [0, 0.1) is 5.41 Å². The Bertz CT molecular complexity index is 629. The van der Waals surface area contributed by atoms with E-state index in [4.69, 9.17) is 5.73 Å². The standard InChI is InChI=1S/C19H28N4O3/c20-12-16(24)11-18(26)22-9-5-19(6-10-22)4-1-17(25)23(14-19)13-15-2-7-21-8-3-15/h2-3,7-8,16,24H,1,4-6,9-14,20H2/t16-/m0/s1. The molecule has 3 rings (SSSR count). The molecule has 0 bridgehead atoms. The van der Waals surface area contributed by atoms with Crippen molar-refractivity contribution < 1.29 is 14.7 Å². The van der Waals surface area contributed by atoms with Gasteiger partial charge in [-0.3, -0.25) is 14.6 Å². The zero-order valence-electron chi connectivity index (χ0n) is 15.1. The lowest BCUT2D eigenvalue weighted by atomic mass is 9.72. The predicted octanol–water partition coefficient (Wildman–Crippen LogP) is 0.522. The van der Waals surface area contributed by atoms with Gasteiger partial charge in [0.25, 0.3) is 0 Å². The summed E-state index contributed by atoms with van der Waals surface area (Å²) in [5.74, 6) is 0.176. The molecule has 0 saturated carbocycles. The van der Waals surface area contributed by atoms with E-state index in [1.807, 2.05) is 21.9 Å². The normalized spacial score (nSPS) is 21.1. The summed E-state index contributed by atoms with van der Waals surface area (Å²) >= 11 is 0. The second kappa shape index (κ2) is 8.14. The van der Waals surface area contributed by atoms with Crippen LogP contribution in [0.5, 0.6) is 0 Å². The Morgan fingerprint density at radius 1 is 1.27 bits per heavy atom. The molecule has 0 radical (unpaired) electrons. The number of hydrogen-bond donors (Lipinski definition) is 2. The van der Waals surface area contributed by atoms with Gasteiger partial charge in [0.1, 0.15) is 0 Å². The van der Waals surface area contributed by atoms with Crippen LogP contribution in [0.3, 0.4) is 0 Å². The van der Waals surface area contributed by atoms with E-state index in [2.05, 4.69) is 4.98 Å². The second-order valence-electron chi connectivity index (χ2n) is 7.58. The first-order chi connectivity index (χ1) is 12.5. The van der Waals surface area contributed by atoms with Gasteiger partial charge >= 0.3 is 0 Å². The van der Waals surface area contributed by atoms with Crippen molar-refractivity contribution in [3.63, 3.8) is 0 Å². The third-order valence-corrected chi connectivity index (χ3v) is 5.73. The minimum Gasteiger partial charge on any atom is -0.391 e. The van der Waals surface area contributed by atoms with Crippen LogP contribution < -0.4 is 5.73 Å². The van der Waals surface area contributed by atoms with E-state index in [-0.39, 0.29) is 30.2 Å². The van der Waals surface area contributed by atoms with Crippen LogP contribution in [-0.2, 0) is 16.1 Å². The lowest BCUT2D eigenvalue weighted by Gasteiger charge is -2.47. The fourth-order valence-electron chi connectivity index (χ4n) is 4.01. The van der Waals surface area contributed by atoms with Gasteiger partial charge in [0.2, 0.25) is 11.8 Å². The molecule has 2 amide bonds. The Morgan fingerprint density at radius 2 is 1.96 bits per heavy atom. The molecule has 0 aliphatic carbocycles. The number of likely N-dealkylation sites (tertiary alicyclic amines) is 2. The Kier molecular flexibility index (Phi) is 5.88. The van der Waals surface area contributed by atoms with Gasteiger partial charge < -0.3 is 20.6 Å². The van der Waals surface area contributed by atoms with E-state index >= 15 is 0 Å². The maximum absolute atomic E-state index is 12.4. The number of nitrogens with zero attached hydrogens (tertiary/aromatic N) is 3. The fraction of sp³-hybridized carbons (Fsp3) is 0.632. The number of hydrogen-bond acceptors (Lipinski definition) is 5. The highest BCUT2D eigenvalue weighted by atomic mass is 16.3. The monoisotopic (exact) mass is 360 g/mol. The van der Waals surface area contributed by atoms with Crippen LogP contribution in [0.15, 0.2) is 24.5 Å². The largest absolute Gasteiger partial charge is 0.391 e. The number of amides is 2. The predicted molar refractivity (Wildman–Crippen MR) is 96.8 cm³/mol. The topological polar surface area (TPSA) is 99.8 Å². The van der Waals surface area contributed by atoms with Crippen LogP contribution in [0.25, 0.3) is 0 Å². The highest BCUT2D eigenvalue weighted by molar-refractivity contribution is 5.78. The van der Waals surface area contributed by atoms with Crippen molar-refractivity contribution in [3.05, 3.63) is 30.1 Å². The molecule has 2 aliphatic rings. The number of rotatable bonds is 5. The van der Waals surface area contributed by atoms with Gasteiger partial charge in [0, 0.05) is 51.5 Å². The average molecular weight is 360 g/mol. The van der Waals surface area contributed by atoms with Crippen molar-refractivity contribution >= 4 is 11.8 Å². The van der Waals surface area contributed by atoms with Gasteiger partial charge in [0.05, 0.1) is 12.5 Å². The van der Waals surface area contributed by atoms with E-state index in [0.29, 0.717) is 26.1 Å². The molecule has 26 heavy (non-hydrogen) atoms. The zero-order valence-corrected chi connectivity index (χ0v) is 15.1. The molecule has 7 heteroatoms. The lowest BCUT2D eigenvalue weighted by Crippen LogP contribution is -2.52. The van der Waals surface area contributed by atoms with Gasteiger partial charge in [-0.25, -0.2) is 0 Å². The maximum atomic E-state index is 12.4. The summed E-state index contributed by atoms with van der Waals surface area (Å²) in [4.78, 5) is 32.4. The summed E-state index contributed by atoms with van der Waals surface area (Å²) in [6.07, 6.45) is 6.10. The van der Waals surface area contributed by atoms with E-state index in [1.165, 1.54) is 0 Å². The van der Waals surface area contributed by atoms with Crippen LogP contribution in [0.1, 0.15) is 37.7 Å². The SMILES string of the molecule is NC[C@@H](O)CC(=O)N1CCC2(CCC(=O)N(Cc3ccncc3)C2)CC1. The van der Waals surface area contributed by atoms with Gasteiger partial charge in [-0.05, 0) is 42.4 Å². The summed E-state index contributed by atoms with van der Waals surface area (Å²) < 4.78 is 0. The first-order valence-corrected chi connectivity index (χ1v) is 9.34. The highest BCUT2D eigenvalue weighted by Crippen LogP contribution is 2.40. The lowest BCUT2D eigenvalue weighted by molar-refractivity contribution is -0.143. The minimum absolute atomic E-state index is 0.0293. The first-order valence-electron chi connectivity index (χ1n) is 9.34. The quantitative estimate of drug-likeness (QED) is 0.798. The van der Waals surface area contributed by atoms with E-state index in [1.54, 1.807) is 12.4 Å². The molecule has 1 spiro atoms. The summed E-state index contributed by atoms with van der Waals surface area (Å²) in [7, 11) is 0. The summed E-state index contributed by atoms with van der Waals surface area (Å²) in [5, 5.41) is 9.58. The molecule has 1 aromatic rings. The number of aliphatic hydroxyl groups is 1. The molecule has 3 heterocycles. The number of nitrogens with two attached hydrogens (primary N) is 1. The molecule has 142 valence electrons. The van der Waals surface area contributed by atoms with Gasteiger partial charge in [-0.15, -0.1) is 0 Å². The van der Waals surface area contributed by atoms with E-state index < -0.39 is 6.10 Å². The van der Waals surface area contributed by atoms with Crippen molar-refractivity contribution in [2.24, 2.45) is 11.1 Å². The molecular weight excluding hydrogens is 332 g/mol. The molecule has 1 atom stereocenters. The number of aliphatic hydroxyl groups excluding tert-OH is 1. The smallest absolute Gasteiger partial charge is 0.225 e. The number of carbonyl (C=O) groups is 2. The molecule has 2 saturated heterocycles. The van der Waals surface area contributed by atoms with E-state index in [0.717, 1.165) is 31.4 Å². The first kappa shape index (κ1) is 18.8. The van der Waals surface area contributed by atoms with Crippen molar-refractivity contribution in [3.8, 4) is 0 Å². The summed E-state index contributed by atoms with van der Waals surface area (Å²) in [5.41, 5.74) is 6.58. The zero-order chi connectivity index (χ0) is 18.6. The van der Waals surface area contributed by atoms with Crippen molar-refractivity contribution in [1.29, 1.82) is 0 Å². The summed E-state index contributed by atoms with van der Waals surface area (Å²) in [6, 6.07) is 3.89. The average Bonchev–Trinajstić information content (AvgIpc) is 2.66. The number of aromatic nitrogens is 1. The van der Waals surface area contributed by atoms with Crippen molar-refractivity contribution in [2.45, 2.75) is 44.8 Å². The Hall–Kier alpha value is -1.99. The Morgan fingerprint density at radius 3 is 2.62 bits per heavy atom. The van der Waals surface area contributed by atoms with E-state index in [9.17, 15) is 14.7 Å². The molecule has 2 aliphatic heterocycles. The Balaban J connectivity index is 1.57. The molecule has 7 nitrogen and oxygen atoms in total. The van der Waals surface area contributed by atoms with Gasteiger partial charge in [-0.2, -0.15) is 0 Å². The minimum atomic E-state index is -0.762. The fourth-order valence-corrected chi connectivity index (χ4v) is 4.01. The highest BCUT2D eigenvalue weighted by Gasteiger charge is 2.41. The van der Waals surface area contributed by atoms with Crippen LogP contribution in [0.4, 0.5) is 0 Å². The van der Waals surface area contributed by atoms with Crippen molar-refractivity contribution in [2.75, 3.05) is 26.2 Å².